The number of carbonyl (C=O) groups is 2. The minimum atomic E-state index is -1.21. The van der Waals surface area contributed by atoms with Crippen LogP contribution in [-0.2, 0) is 19.2 Å². The molecule has 13 heavy (non-hydrogen) atoms. The van der Waals surface area contributed by atoms with Crippen LogP contribution in [0.25, 0.3) is 0 Å². The Morgan fingerprint density at radius 2 is 2.15 bits per heavy atom. The number of esters is 1. The molecule has 0 aromatic rings. The lowest BCUT2D eigenvalue weighted by atomic mass is 10.3. The van der Waals surface area contributed by atoms with E-state index in [4.69, 9.17) is 0 Å². The van der Waals surface area contributed by atoms with E-state index in [1.54, 1.807) is 0 Å². The van der Waals surface area contributed by atoms with E-state index in [2.05, 4.69) is 30.7 Å². The number of Topliss-reactive ketones (excluding diaryl/α,β-unsaturated/α-hetero) is 1. The number of oxime groups is 1. The van der Waals surface area contributed by atoms with Crippen LogP contribution in [0.4, 0.5) is 4.39 Å². The van der Waals surface area contributed by atoms with Gasteiger partial charge in [0, 0.05) is 0 Å². The Labute approximate surface area is 82.0 Å². The standard InChI is InChI=1S/C6H7BrFNO4/c1-12-6(11)5(4(10)2-7)9-13-3-8/h2-3H2,1H3. The summed E-state index contributed by atoms with van der Waals surface area (Å²) in [4.78, 5) is 25.7. The van der Waals surface area contributed by atoms with Gasteiger partial charge >= 0.3 is 5.97 Å². The fourth-order valence-corrected chi connectivity index (χ4v) is 0.716. The Morgan fingerprint density at radius 3 is 2.54 bits per heavy atom. The molecule has 0 amide bonds. The Morgan fingerprint density at radius 1 is 1.54 bits per heavy atom. The molecule has 0 bridgehead atoms. The number of ketones is 1. The normalized spacial score (nSPS) is 10.8. The first kappa shape index (κ1) is 12.0. The van der Waals surface area contributed by atoms with Crippen molar-refractivity contribution >= 4 is 33.4 Å². The summed E-state index contributed by atoms with van der Waals surface area (Å²) < 4.78 is 15.7. The quantitative estimate of drug-likeness (QED) is 0.235. The molecule has 0 atom stereocenters. The van der Waals surface area contributed by atoms with E-state index >= 15 is 0 Å². The number of ether oxygens (including phenoxy) is 1. The number of rotatable bonds is 5. The van der Waals surface area contributed by atoms with Gasteiger partial charge in [-0.2, -0.15) is 0 Å². The number of methoxy groups -OCH3 is 1. The van der Waals surface area contributed by atoms with Gasteiger partial charge < -0.3 is 9.57 Å². The third-order valence-corrected chi connectivity index (χ3v) is 1.48. The van der Waals surface area contributed by atoms with Crippen LogP contribution in [0, 0.1) is 0 Å². The van der Waals surface area contributed by atoms with E-state index in [1.807, 2.05) is 0 Å². The lowest BCUT2D eigenvalue weighted by Crippen LogP contribution is -2.26. The van der Waals surface area contributed by atoms with Gasteiger partial charge in [0.05, 0.1) is 12.4 Å². The third-order valence-electron chi connectivity index (χ3n) is 0.969. The van der Waals surface area contributed by atoms with Crippen molar-refractivity contribution in [2.45, 2.75) is 0 Å². The number of alkyl halides is 2. The summed E-state index contributed by atoms with van der Waals surface area (Å²) in [5.74, 6) is -1.60. The van der Waals surface area contributed by atoms with Gasteiger partial charge in [0.1, 0.15) is 0 Å². The molecule has 5 nitrogen and oxygen atoms in total. The number of hydrogen-bond acceptors (Lipinski definition) is 5. The van der Waals surface area contributed by atoms with Crippen molar-refractivity contribution in [1.82, 2.24) is 0 Å². The number of hydrogen-bond donors (Lipinski definition) is 0. The van der Waals surface area contributed by atoms with E-state index in [0.717, 1.165) is 7.11 Å². The van der Waals surface area contributed by atoms with Crippen molar-refractivity contribution < 1.29 is 23.6 Å². The zero-order valence-electron chi connectivity index (χ0n) is 6.75. The molecule has 0 rings (SSSR count). The first-order valence-electron chi connectivity index (χ1n) is 3.10. The van der Waals surface area contributed by atoms with Gasteiger partial charge in [-0.1, -0.05) is 21.1 Å². The predicted octanol–water partition coefficient (Wildman–Crippen LogP) is 0.423. The summed E-state index contributed by atoms with van der Waals surface area (Å²) in [6.45, 7) is -1.21. The fraction of sp³-hybridized carbons (Fsp3) is 0.500. The highest BCUT2D eigenvalue weighted by molar-refractivity contribution is 9.09. The van der Waals surface area contributed by atoms with Gasteiger partial charge in [-0.3, -0.25) is 4.79 Å². The first-order chi connectivity index (χ1) is 6.17. The molecule has 0 aromatic heterocycles. The Hall–Kier alpha value is -0.980. The van der Waals surface area contributed by atoms with Crippen LogP contribution >= 0.6 is 15.9 Å². The van der Waals surface area contributed by atoms with Crippen LogP contribution < -0.4 is 0 Å². The van der Waals surface area contributed by atoms with Gasteiger partial charge in [-0.25, -0.2) is 9.18 Å². The van der Waals surface area contributed by atoms with Crippen LogP contribution in [0.15, 0.2) is 5.16 Å². The molecule has 0 radical (unpaired) electrons. The van der Waals surface area contributed by atoms with Gasteiger partial charge in [0.15, 0.2) is 0 Å². The van der Waals surface area contributed by atoms with E-state index in [-0.39, 0.29) is 5.33 Å². The van der Waals surface area contributed by atoms with Gasteiger partial charge in [-0.05, 0) is 0 Å². The highest BCUT2D eigenvalue weighted by Gasteiger charge is 2.20. The first-order valence-corrected chi connectivity index (χ1v) is 4.23. The van der Waals surface area contributed by atoms with Gasteiger partial charge in [0.2, 0.25) is 11.5 Å². The van der Waals surface area contributed by atoms with Crippen molar-refractivity contribution in [3.8, 4) is 0 Å². The van der Waals surface area contributed by atoms with Crippen molar-refractivity contribution in [1.29, 1.82) is 0 Å². The van der Waals surface area contributed by atoms with Crippen LogP contribution in [0.1, 0.15) is 0 Å². The second-order valence-corrected chi connectivity index (χ2v) is 2.29. The zero-order valence-corrected chi connectivity index (χ0v) is 8.34. The molecule has 0 aliphatic heterocycles. The molecular formula is C6H7BrFNO4. The monoisotopic (exact) mass is 255 g/mol. The van der Waals surface area contributed by atoms with Crippen molar-refractivity contribution in [2.75, 3.05) is 19.3 Å². The molecule has 0 spiro atoms. The molecule has 0 aromatic carbocycles. The smallest absolute Gasteiger partial charge is 0.363 e. The number of carbonyl (C=O) groups excluding carboxylic acids is 2. The average Bonchev–Trinajstić information content (AvgIpc) is 2.17. The van der Waals surface area contributed by atoms with Crippen molar-refractivity contribution in [3.63, 3.8) is 0 Å². The number of nitrogens with zero attached hydrogens (tertiary/aromatic N) is 1. The summed E-state index contributed by atoms with van der Waals surface area (Å²) >= 11 is 2.82. The maximum absolute atomic E-state index is 11.5. The average molecular weight is 256 g/mol. The summed E-state index contributed by atoms with van der Waals surface area (Å²) in [6.07, 6.45) is 0. The summed E-state index contributed by atoms with van der Waals surface area (Å²) in [6, 6.07) is 0. The topological polar surface area (TPSA) is 65.0 Å². The summed E-state index contributed by atoms with van der Waals surface area (Å²) in [7, 11) is 1.08. The summed E-state index contributed by atoms with van der Waals surface area (Å²) in [5.41, 5.74) is -0.572. The van der Waals surface area contributed by atoms with Crippen LogP contribution in [-0.4, -0.2) is 36.8 Å². The van der Waals surface area contributed by atoms with Gasteiger partial charge in [-0.15, -0.1) is 0 Å². The molecule has 0 saturated heterocycles. The fourth-order valence-electron chi connectivity index (χ4n) is 0.451. The van der Waals surface area contributed by atoms with E-state index < -0.39 is 24.3 Å². The zero-order chi connectivity index (χ0) is 10.3. The largest absolute Gasteiger partial charge is 0.464 e. The third kappa shape index (κ3) is 3.97. The second-order valence-electron chi connectivity index (χ2n) is 1.73. The van der Waals surface area contributed by atoms with E-state index in [0.29, 0.717) is 0 Å². The lowest BCUT2D eigenvalue weighted by molar-refractivity contribution is -0.133. The molecule has 7 heteroatoms. The Kier molecular flexibility index (Phi) is 6.03. The van der Waals surface area contributed by atoms with E-state index in [9.17, 15) is 14.0 Å². The molecule has 0 aliphatic carbocycles. The van der Waals surface area contributed by atoms with Gasteiger partial charge in [0.25, 0.3) is 6.86 Å². The van der Waals surface area contributed by atoms with E-state index in [1.165, 1.54) is 0 Å². The molecule has 0 fully saturated rings. The molecule has 0 unspecified atom stereocenters. The van der Waals surface area contributed by atoms with Crippen molar-refractivity contribution in [2.24, 2.45) is 5.16 Å². The summed E-state index contributed by atoms with van der Waals surface area (Å²) in [5, 5.41) is 2.86. The molecule has 0 aliphatic rings. The van der Waals surface area contributed by atoms with Crippen LogP contribution in [0.2, 0.25) is 0 Å². The highest BCUT2D eigenvalue weighted by Crippen LogP contribution is 1.92. The molecule has 0 saturated carbocycles. The Balaban J connectivity index is 4.54. The van der Waals surface area contributed by atoms with Crippen molar-refractivity contribution in [3.05, 3.63) is 0 Å². The highest BCUT2D eigenvalue weighted by atomic mass is 79.9. The maximum atomic E-state index is 11.5. The minimum absolute atomic E-state index is 0.115. The molecule has 0 N–H and O–H groups in total. The minimum Gasteiger partial charge on any atom is -0.464 e. The van der Waals surface area contributed by atoms with Crippen LogP contribution in [0.3, 0.4) is 0 Å². The molecule has 0 heterocycles. The van der Waals surface area contributed by atoms with Crippen LogP contribution in [0.5, 0.6) is 0 Å². The molecular weight excluding hydrogens is 249 g/mol. The Bertz CT molecular complexity index is 213. The number of halogens is 2. The predicted molar refractivity (Wildman–Crippen MR) is 45.3 cm³/mol. The second kappa shape index (κ2) is 6.53. The SMILES string of the molecule is COC(=O)C(=NOCF)C(=O)CBr. The molecule has 74 valence electrons. The lowest BCUT2D eigenvalue weighted by Gasteiger charge is -1.99. The maximum Gasteiger partial charge on any atom is 0.363 e.